The third kappa shape index (κ3) is 6.22. The molecule has 176 valence electrons. The highest BCUT2D eigenvalue weighted by molar-refractivity contribution is 8.03. The monoisotopic (exact) mass is 479 g/mol. The lowest BCUT2D eigenvalue weighted by Gasteiger charge is -2.20. The van der Waals surface area contributed by atoms with E-state index in [1.165, 1.54) is 95.0 Å². The van der Waals surface area contributed by atoms with Crippen molar-refractivity contribution in [3.63, 3.8) is 0 Å². The normalized spacial score (nSPS) is 14.5. The highest BCUT2D eigenvalue weighted by Crippen LogP contribution is 2.46. The molecule has 4 rings (SSSR count). The van der Waals surface area contributed by atoms with E-state index < -0.39 is 0 Å². The van der Waals surface area contributed by atoms with Crippen molar-refractivity contribution in [2.45, 2.75) is 89.5 Å². The number of nitrogens with zero attached hydrogens (tertiary/aromatic N) is 2. The topological polar surface area (TPSA) is 7.12 Å². The van der Waals surface area contributed by atoms with Gasteiger partial charge in [-0.2, -0.15) is 4.57 Å². The van der Waals surface area contributed by atoms with Crippen LogP contribution in [0, 0.1) is 0 Å². The van der Waals surface area contributed by atoms with Crippen molar-refractivity contribution in [2.75, 3.05) is 11.4 Å². The minimum atomic E-state index is 1.11. The summed E-state index contributed by atoms with van der Waals surface area (Å²) in [6, 6.07) is 17.8. The molecule has 4 heteroatoms. The second kappa shape index (κ2) is 12.6. The third-order valence-electron chi connectivity index (χ3n) is 6.49. The van der Waals surface area contributed by atoms with Crippen LogP contribution in [0.25, 0.3) is 16.3 Å². The number of para-hydroxylation sites is 2. The highest BCUT2D eigenvalue weighted by atomic mass is 32.2. The number of fused-ring (bicyclic) bond motifs is 2. The summed E-state index contributed by atoms with van der Waals surface area (Å²) in [7, 11) is 0. The predicted molar refractivity (Wildman–Crippen MR) is 147 cm³/mol. The zero-order valence-electron chi connectivity index (χ0n) is 20.4. The van der Waals surface area contributed by atoms with Gasteiger partial charge in [-0.15, -0.1) is 0 Å². The molecule has 2 aromatic carbocycles. The summed E-state index contributed by atoms with van der Waals surface area (Å²) in [6.45, 7) is 6.81. The molecule has 0 fully saturated rings. The smallest absolute Gasteiger partial charge is 0.265 e. The van der Waals surface area contributed by atoms with Gasteiger partial charge in [0.2, 0.25) is 5.52 Å². The van der Waals surface area contributed by atoms with Crippen LogP contribution in [0.4, 0.5) is 5.69 Å². The Morgan fingerprint density at radius 1 is 0.788 bits per heavy atom. The van der Waals surface area contributed by atoms with Gasteiger partial charge in [-0.05, 0) is 31.0 Å². The second-order valence-electron chi connectivity index (χ2n) is 9.09. The Hall–Kier alpha value is -1.78. The number of rotatable bonds is 13. The maximum atomic E-state index is 2.57. The lowest BCUT2D eigenvalue weighted by molar-refractivity contribution is -0.669. The van der Waals surface area contributed by atoms with E-state index in [4.69, 9.17) is 0 Å². The number of unbranched alkanes of at least 4 members (excludes halogenated alkanes) is 8. The summed E-state index contributed by atoms with van der Waals surface area (Å²) < 4.78 is 3.96. The maximum absolute atomic E-state index is 2.57. The van der Waals surface area contributed by atoms with Gasteiger partial charge in [0.05, 0.1) is 16.8 Å². The predicted octanol–water partition coefficient (Wildman–Crippen LogP) is 9.04. The van der Waals surface area contributed by atoms with Crippen molar-refractivity contribution in [2.24, 2.45) is 0 Å². The second-order valence-corrected chi connectivity index (χ2v) is 11.2. The summed E-state index contributed by atoms with van der Waals surface area (Å²) >= 11 is 3.88. The van der Waals surface area contributed by atoms with Gasteiger partial charge in [0.15, 0.2) is 6.54 Å². The van der Waals surface area contributed by atoms with Crippen LogP contribution < -0.4 is 9.47 Å². The Balaban J connectivity index is 1.58. The van der Waals surface area contributed by atoms with Gasteiger partial charge in [-0.25, -0.2) is 0 Å². The van der Waals surface area contributed by atoms with Crippen molar-refractivity contribution in [3.05, 3.63) is 58.6 Å². The van der Waals surface area contributed by atoms with Crippen LogP contribution in [0.1, 0.15) is 83.1 Å². The molecule has 0 saturated heterocycles. The number of aryl methyl sites for hydroxylation is 1. The lowest BCUT2D eigenvalue weighted by atomic mass is 10.1. The van der Waals surface area contributed by atoms with Crippen LogP contribution in [0.2, 0.25) is 0 Å². The number of thiazole rings is 1. The Kier molecular flexibility index (Phi) is 9.31. The molecule has 0 amide bonds. The van der Waals surface area contributed by atoms with Crippen molar-refractivity contribution >= 4 is 45.1 Å². The van der Waals surface area contributed by atoms with Crippen LogP contribution in [-0.4, -0.2) is 6.54 Å². The third-order valence-corrected chi connectivity index (χ3v) is 8.72. The molecule has 0 atom stereocenters. The molecule has 1 aliphatic heterocycles. The van der Waals surface area contributed by atoms with Gasteiger partial charge in [-0.3, -0.25) is 0 Å². The van der Waals surface area contributed by atoms with E-state index >= 15 is 0 Å². The molecule has 0 spiro atoms. The van der Waals surface area contributed by atoms with Crippen molar-refractivity contribution in [3.8, 4) is 0 Å². The number of thioether (sulfide) groups is 1. The van der Waals surface area contributed by atoms with Crippen LogP contribution >= 0.6 is 23.1 Å². The molecular weight excluding hydrogens is 440 g/mol. The van der Waals surface area contributed by atoms with Crippen LogP contribution in [0.15, 0.2) is 58.5 Å². The van der Waals surface area contributed by atoms with E-state index in [2.05, 4.69) is 77.9 Å². The van der Waals surface area contributed by atoms with E-state index in [1.54, 1.807) is 0 Å². The first-order chi connectivity index (χ1) is 16.3. The molecular formula is C29H39N2S2+. The Morgan fingerprint density at radius 2 is 1.48 bits per heavy atom. The summed E-state index contributed by atoms with van der Waals surface area (Å²) in [5.74, 6) is 0. The van der Waals surface area contributed by atoms with E-state index in [0.29, 0.717) is 0 Å². The fourth-order valence-electron chi connectivity index (χ4n) is 4.63. The molecule has 3 aromatic rings. The van der Waals surface area contributed by atoms with Gasteiger partial charge in [-0.1, -0.05) is 106 Å². The number of hydrogen-bond donors (Lipinski definition) is 0. The fourth-order valence-corrected chi connectivity index (χ4v) is 6.96. The Labute approximate surface area is 208 Å². The van der Waals surface area contributed by atoms with Crippen LogP contribution in [0.3, 0.4) is 0 Å². The Bertz CT molecular complexity index is 1050. The van der Waals surface area contributed by atoms with Crippen molar-refractivity contribution < 1.29 is 4.57 Å². The van der Waals surface area contributed by atoms with E-state index in [-0.39, 0.29) is 0 Å². The fraction of sp³-hybridized carbons (Fsp3) is 0.483. The highest BCUT2D eigenvalue weighted by Gasteiger charge is 2.27. The van der Waals surface area contributed by atoms with Gasteiger partial charge in [0.25, 0.3) is 5.01 Å². The summed E-state index contributed by atoms with van der Waals surface area (Å²) in [4.78, 5) is 3.96. The molecule has 0 bridgehead atoms. The molecule has 1 aromatic heterocycles. The molecule has 0 radical (unpaired) electrons. The number of benzene rings is 2. The average Bonchev–Trinajstić information content (AvgIpc) is 3.36. The molecule has 2 nitrogen and oxygen atoms in total. The molecule has 2 heterocycles. The average molecular weight is 480 g/mol. The first-order valence-corrected chi connectivity index (χ1v) is 14.6. The van der Waals surface area contributed by atoms with Crippen molar-refractivity contribution in [1.29, 1.82) is 0 Å². The standard InChI is InChI=1S/C29H39N2S2/c1-3-5-7-9-15-21-30-24-17-11-13-19-26(24)32-28(30)23-29-31(22-16-10-8-6-4-2)25-18-12-14-20-27(25)33-29/h11-14,17-20,23H,3-10,15-16,21-22H2,1-2H3/q+1. The molecule has 0 unspecified atom stereocenters. The number of hydrogen-bond acceptors (Lipinski definition) is 3. The summed E-state index contributed by atoms with van der Waals surface area (Å²) in [6.07, 6.45) is 15.7. The first-order valence-electron chi connectivity index (χ1n) is 13.0. The lowest BCUT2D eigenvalue weighted by Crippen LogP contribution is -2.35. The molecule has 0 N–H and O–H groups in total. The maximum Gasteiger partial charge on any atom is 0.265 e. The molecule has 1 aliphatic rings. The van der Waals surface area contributed by atoms with E-state index in [1.807, 2.05) is 23.1 Å². The summed E-state index contributed by atoms with van der Waals surface area (Å²) in [5, 5.41) is 2.77. The Morgan fingerprint density at radius 3 is 2.30 bits per heavy atom. The zero-order chi connectivity index (χ0) is 22.9. The van der Waals surface area contributed by atoms with Gasteiger partial charge in [0.1, 0.15) is 4.70 Å². The molecule has 0 aliphatic carbocycles. The first kappa shape index (κ1) is 24.3. The number of anilines is 1. The summed E-state index contributed by atoms with van der Waals surface area (Å²) in [5.41, 5.74) is 2.77. The minimum absolute atomic E-state index is 1.11. The SMILES string of the molecule is CCCCCCCN1/C(=C/c2sc3ccccc3[n+]2CCCCCCC)Sc2ccccc21. The molecule has 0 saturated carbocycles. The molecule has 33 heavy (non-hydrogen) atoms. The van der Waals surface area contributed by atoms with E-state index in [9.17, 15) is 0 Å². The van der Waals surface area contributed by atoms with Crippen molar-refractivity contribution in [1.82, 2.24) is 0 Å². The quantitative estimate of drug-likeness (QED) is 0.178. The minimum Gasteiger partial charge on any atom is -0.335 e. The number of aromatic nitrogens is 1. The van der Waals surface area contributed by atoms with Gasteiger partial charge < -0.3 is 4.90 Å². The largest absolute Gasteiger partial charge is 0.335 e. The van der Waals surface area contributed by atoms with Crippen LogP contribution in [0.5, 0.6) is 0 Å². The van der Waals surface area contributed by atoms with Gasteiger partial charge >= 0.3 is 0 Å². The van der Waals surface area contributed by atoms with Gasteiger partial charge in [0, 0.05) is 23.9 Å². The zero-order valence-corrected chi connectivity index (χ0v) is 22.0. The van der Waals surface area contributed by atoms with E-state index in [0.717, 1.165) is 13.1 Å². The van der Waals surface area contributed by atoms with Crippen LogP contribution in [-0.2, 0) is 6.54 Å².